The first-order valence-electron chi connectivity index (χ1n) is 11.1. The number of carbonyl (C=O) groups excluding carboxylic acids is 1. The first-order chi connectivity index (χ1) is 15.3. The Balaban J connectivity index is 1.35. The Bertz CT molecular complexity index is 1120. The summed E-state index contributed by atoms with van der Waals surface area (Å²) < 4.78 is 13.3. The first-order valence-corrected chi connectivity index (χ1v) is 11.1. The molecule has 0 spiro atoms. The third kappa shape index (κ3) is 3.36. The second-order valence-corrected chi connectivity index (χ2v) is 8.54. The number of fused-ring (bicyclic) bond motifs is 1. The van der Waals surface area contributed by atoms with Crippen LogP contribution in [0, 0.1) is 0 Å². The van der Waals surface area contributed by atoms with Gasteiger partial charge in [0.1, 0.15) is 18.9 Å². The summed E-state index contributed by atoms with van der Waals surface area (Å²) in [7, 11) is 0. The van der Waals surface area contributed by atoms with Gasteiger partial charge in [-0.1, -0.05) is 24.3 Å². The van der Waals surface area contributed by atoms with Crippen LogP contribution in [0.15, 0.2) is 54.6 Å². The van der Waals surface area contributed by atoms with Crippen molar-refractivity contribution in [3.05, 3.63) is 71.5 Å². The molecule has 2 aliphatic heterocycles. The molecule has 1 amide bonds. The van der Waals surface area contributed by atoms with Gasteiger partial charge in [-0.05, 0) is 61.6 Å². The van der Waals surface area contributed by atoms with Gasteiger partial charge in [0.05, 0.1) is 17.4 Å². The lowest BCUT2D eigenvalue weighted by atomic mass is 10.0. The second-order valence-electron chi connectivity index (χ2n) is 8.54. The zero-order valence-corrected chi connectivity index (χ0v) is 17.4. The Hall–Kier alpha value is -3.28. The van der Waals surface area contributed by atoms with Crippen molar-refractivity contribution in [1.29, 1.82) is 0 Å². The SMILES string of the molecule is O=C(c1cc(C2CC2)nn1-c1ccccc1)N1CCC[C@H]1c1ccc2c(c1)OCCO2. The molecule has 3 heterocycles. The number of aromatic nitrogens is 2. The molecule has 158 valence electrons. The zero-order valence-electron chi connectivity index (χ0n) is 17.4. The number of nitrogens with zero attached hydrogens (tertiary/aromatic N) is 3. The fourth-order valence-corrected chi connectivity index (χ4v) is 4.67. The molecule has 3 aromatic rings. The fourth-order valence-electron chi connectivity index (χ4n) is 4.67. The van der Waals surface area contributed by atoms with Crippen molar-refractivity contribution in [3.63, 3.8) is 0 Å². The van der Waals surface area contributed by atoms with Gasteiger partial charge in [0.2, 0.25) is 0 Å². The molecule has 6 nitrogen and oxygen atoms in total. The van der Waals surface area contributed by atoms with Crippen molar-refractivity contribution in [2.24, 2.45) is 0 Å². The van der Waals surface area contributed by atoms with E-state index in [1.807, 2.05) is 58.1 Å². The van der Waals surface area contributed by atoms with Crippen molar-refractivity contribution in [2.75, 3.05) is 19.8 Å². The number of para-hydroxylation sites is 1. The van der Waals surface area contributed by atoms with Crippen LogP contribution < -0.4 is 9.47 Å². The highest BCUT2D eigenvalue weighted by molar-refractivity contribution is 5.94. The summed E-state index contributed by atoms with van der Waals surface area (Å²) in [5.41, 5.74) is 3.70. The topological polar surface area (TPSA) is 56.6 Å². The van der Waals surface area contributed by atoms with Crippen molar-refractivity contribution >= 4 is 5.91 Å². The molecule has 2 aromatic carbocycles. The van der Waals surface area contributed by atoms with E-state index < -0.39 is 0 Å². The maximum Gasteiger partial charge on any atom is 0.273 e. The molecule has 0 radical (unpaired) electrons. The number of carbonyl (C=O) groups is 1. The minimum atomic E-state index is 0.0341. The molecule has 1 saturated carbocycles. The van der Waals surface area contributed by atoms with E-state index in [1.54, 1.807) is 0 Å². The maximum atomic E-state index is 13.8. The lowest BCUT2D eigenvalue weighted by Crippen LogP contribution is -2.32. The molecule has 0 unspecified atom stereocenters. The number of rotatable bonds is 4. The highest BCUT2D eigenvalue weighted by Crippen LogP contribution is 2.41. The number of hydrogen-bond acceptors (Lipinski definition) is 4. The average Bonchev–Trinajstić information content (AvgIpc) is 3.39. The Morgan fingerprint density at radius 1 is 0.935 bits per heavy atom. The molecule has 31 heavy (non-hydrogen) atoms. The smallest absolute Gasteiger partial charge is 0.273 e. The third-order valence-electron chi connectivity index (χ3n) is 6.41. The van der Waals surface area contributed by atoms with Crippen LogP contribution in [-0.4, -0.2) is 40.3 Å². The maximum absolute atomic E-state index is 13.8. The van der Waals surface area contributed by atoms with Crippen molar-refractivity contribution in [3.8, 4) is 17.2 Å². The summed E-state index contributed by atoms with van der Waals surface area (Å²) >= 11 is 0. The van der Waals surface area contributed by atoms with Gasteiger partial charge in [-0.3, -0.25) is 4.79 Å². The van der Waals surface area contributed by atoms with E-state index in [2.05, 4.69) is 6.07 Å². The van der Waals surface area contributed by atoms with Gasteiger partial charge in [-0.2, -0.15) is 5.10 Å². The van der Waals surface area contributed by atoms with Gasteiger partial charge in [0.25, 0.3) is 5.91 Å². The minimum absolute atomic E-state index is 0.0341. The summed E-state index contributed by atoms with van der Waals surface area (Å²) in [6, 6.07) is 18.1. The van der Waals surface area contributed by atoms with E-state index in [4.69, 9.17) is 14.6 Å². The lowest BCUT2D eigenvalue weighted by molar-refractivity contribution is 0.0726. The molecule has 3 aliphatic rings. The Morgan fingerprint density at radius 2 is 1.74 bits per heavy atom. The monoisotopic (exact) mass is 415 g/mol. The first kappa shape index (κ1) is 18.5. The van der Waals surface area contributed by atoms with Gasteiger partial charge < -0.3 is 14.4 Å². The Kier molecular flexibility index (Phi) is 4.44. The molecule has 1 aromatic heterocycles. The summed E-state index contributed by atoms with van der Waals surface area (Å²) in [5.74, 6) is 2.08. The Labute approximate surface area is 181 Å². The predicted molar refractivity (Wildman–Crippen MR) is 116 cm³/mol. The second kappa shape index (κ2) is 7.45. The van der Waals surface area contributed by atoms with Gasteiger partial charge in [-0.25, -0.2) is 4.68 Å². The van der Waals surface area contributed by atoms with E-state index in [0.717, 1.165) is 60.7 Å². The molecule has 0 N–H and O–H groups in total. The normalized spacial score (nSPS) is 20.1. The van der Waals surface area contributed by atoms with Gasteiger partial charge in [0, 0.05) is 12.5 Å². The van der Waals surface area contributed by atoms with Crippen LogP contribution in [0.25, 0.3) is 5.69 Å². The highest BCUT2D eigenvalue weighted by Gasteiger charge is 2.35. The third-order valence-corrected chi connectivity index (χ3v) is 6.41. The quantitative estimate of drug-likeness (QED) is 0.630. The van der Waals surface area contributed by atoms with Crippen molar-refractivity contribution in [1.82, 2.24) is 14.7 Å². The molecular weight excluding hydrogens is 390 g/mol. The van der Waals surface area contributed by atoms with Crippen molar-refractivity contribution in [2.45, 2.75) is 37.6 Å². The number of likely N-dealkylation sites (tertiary alicyclic amines) is 1. The summed E-state index contributed by atoms with van der Waals surface area (Å²) in [5, 5.41) is 4.82. The standard InChI is InChI=1S/C25H25N3O3/c29-25(22-16-20(17-8-9-17)26-28(22)19-5-2-1-3-6-19)27-12-4-7-21(27)18-10-11-23-24(15-18)31-14-13-30-23/h1-3,5-6,10-11,15-17,21H,4,7-9,12-14H2/t21-/m0/s1. The largest absolute Gasteiger partial charge is 0.486 e. The molecule has 1 atom stereocenters. The number of amides is 1. The van der Waals surface area contributed by atoms with Crippen LogP contribution in [0.2, 0.25) is 0 Å². The van der Waals surface area contributed by atoms with E-state index in [9.17, 15) is 4.79 Å². The van der Waals surface area contributed by atoms with Gasteiger partial charge in [0.15, 0.2) is 11.5 Å². The molecule has 6 rings (SSSR count). The zero-order chi connectivity index (χ0) is 20.8. The molecule has 1 aliphatic carbocycles. The van der Waals surface area contributed by atoms with Crippen LogP contribution in [0.1, 0.15) is 59.4 Å². The van der Waals surface area contributed by atoms with E-state index in [0.29, 0.717) is 24.8 Å². The number of hydrogen-bond donors (Lipinski definition) is 0. The van der Waals surface area contributed by atoms with Crippen LogP contribution >= 0.6 is 0 Å². The average molecular weight is 415 g/mol. The van der Waals surface area contributed by atoms with Gasteiger partial charge in [-0.15, -0.1) is 0 Å². The summed E-state index contributed by atoms with van der Waals surface area (Å²) in [4.78, 5) is 15.8. The van der Waals surface area contributed by atoms with Crippen LogP contribution in [0.4, 0.5) is 0 Å². The minimum Gasteiger partial charge on any atom is -0.486 e. The molecule has 1 saturated heterocycles. The number of ether oxygens (including phenoxy) is 2. The molecule has 6 heteroatoms. The van der Waals surface area contributed by atoms with Gasteiger partial charge >= 0.3 is 0 Å². The molecule has 0 bridgehead atoms. The highest BCUT2D eigenvalue weighted by atomic mass is 16.6. The predicted octanol–water partition coefficient (Wildman–Crippen LogP) is 4.50. The fraction of sp³-hybridized carbons (Fsp3) is 0.360. The van der Waals surface area contributed by atoms with E-state index >= 15 is 0 Å². The number of benzene rings is 2. The van der Waals surface area contributed by atoms with Crippen LogP contribution in [-0.2, 0) is 0 Å². The van der Waals surface area contributed by atoms with Crippen LogP contribution in [0.3, 0.4) is 0 Å². The summed E-state index contributed by atoms with van der Waals surface area (Å²) in [6.45, 7) is 1.88. The lowest BCUT2D eigenvalue weighted by Gasteiger charge is -2.27. The molecule has 2 fully saturated rings. The Morgan fingerprint density at radius 3 is 2.55 bits per heavy atom. The van der Waals surface area contributed by atoms with Crippen LogP contribution in [0.5, 0.6) is 11.5 Å². The van der Waals surface area contributed by atoms with Crippen molar-refractivity contribution < 1.29 is 14.3 Å². The molecular formula is C25H25N3O3. The van der Waals surface area contributed by atoms with E-state index in [1.165, 1.54) is 0 Å². The summed E-state index contributed by atoms with van der Waals surface area (Å²) in [6.07, 6.45) is 4.24. The van der Waals surface area contributed by atoms with E-state index in [-0.39, 0.29) is 11.9 Å².